The van der Waals surface area contributed by atoms with Crippen LogP contribution in [0.1, 0.15) is 15.9 Å². The van der Waals surface area contributed by atoms with E-state index in [0.29, 0.717) is 16.8 Å². The van der Waals surface area contributed by atoms with Crippen molar-refractivity contribution in [3.63, 3.8) is 0 Å². The number of hydrogen-bond donors (Lipinski definition) is 1. The zero-order valence-electron chi connectivity index (χ0n) is 9.90. The molecule has 0 radical (unpaired) electrons. The van der Waals surface area contributed by atoms with E-state index in [4.69, 9.17) is 10.5 Å². The van der Waals surface area contributed by atoms with Crippen molar-refractivity contribution >= 4 is 27.6 Å². The Bertz CT molecular complexity index is 599. The van der Waals surface area contributed by atoms with Gasteiger partial charge in [-0.25, -0.2) is 9.18 Å². The Morgan fingerprint density at radius 3 is 2.58 bits per heavy atom. The summed E-state index contributed by atoms with van der Waals surface area (Å²) in [6, 6.07) is 10.8. The van der Waals surface area contributed by atoms with Crippen molar-refractivity contribution in [1.82, 2.24) is 0 Å². The van der Waals surface area contributed by atoms with E-state index in [1.165, 1.54) is 6.07 Å². The Labute approximate surface area is 118 Å². The number of carbonyl (C=O) groups excluding carboxylic acids is 1. The maximum Gasteiger partial charge on any atom is 0.338 e. The first-order valence-corrected chi connectivity index (χ1v) is 6.32. The highest BCUT2D eigenvalue weighted by atomic mass is 79.9. The van der Waals surface area contributed by atoms with Crippen LogP contribution in [0.25, 0.3) is 0 Å². The lowest BCUT2D eigenvalue weighted by Gasteiger charge is -2.06. The molecule has 3 nitrogen and oxygen atoms in total. The maximum absolute atomic E-state index is 13.4. The number of halogens is 2. The molecule has 2 N–H and O–H groups in total. The first-order valence-electron chi connectivity index (χ1n) is 5.53. The Hall–Kier alpha value is -1.88. The summed E-state index contributed by atoms with van der Waals surface area (Å²) in [6.45, 7) is -0.117. The lowest BCUT2D eigenvalue weighted by atomic mass is 10.2. The third kappa shape index (κ3) is 3.54. The van der Waals surface area contributed by atoms with Gasteiger partial charge in [0.15, 0.2) is 0 Å². The van der Waals surface area contributed by atoms with Gasteiger partial charge in [-0.15, -0.1) is 0 Å². The van der Waals surface area contributed by atoms with Crippen LogP contribution in [-0.4, -0.2) is 5.97 Å². The second kappa shape index (κ2) is 5.84. The minimum atomic E-state index is -0.514. The molecule has 0 unspecified atom stereocenters. The van der Waals surface area contributed by atoms with Gasteiger partial charge in [0, 0.05) is 15.7 Å². The van der Waals surface area contributed by atoms with E-state index in [2.05, 4.69) is 15.9 Å². The number of esters is 1. The molecular weight excluding hydrogens is 313 g/mol. The molecule has 2 aromatic rings. The maximum atomic E-state index is 13.4. The van der Waals surface area contributed by atoms with E-state index < -0.39 is 11.8 Å². The largest absolute Gasteiger partial charge is 0.457 e. The molecule has 5 heteroatoms. The molecule has 19 heavy (non-hydrogen) atoms. The fraction of sp³-hybridized carbons (Fsp3) is 0.0714. The summed E-state index contributed by atoms with van der Waals surface area (Å²) in [7, 11) is 0. The van der Waals surface area contributed by atoms with Gasteiger partial charge in [-0.3, -0.25) is 0 Å². The summed E-state index contributed by atoms with van der Waals surface area (Å²) < 4.78 is 19.2. The topological polar surface area (TPSA) is 52.3 Å². The lowest BCUT2D eigenvalue weighted by molar-refractivity contribution is 0.0469. The van der Waals surface area contributed by atoms with Crippen LogP contribution < -0.4 is 5.73 Å². The van der Waals surface area contributed by atoms with Crippen LogP contribution in [0, 0.1) is 5.82 Å². The average molecular weight is 324 g/mol. The van der Waals surface area contributed by atoms with Crippen LogP contribution in [0.5, 0.6) is 0 Å². The number of ether oxygens (including phenoxy) is 1. The highest BCUT2D eigenvalue weighted by Crippen LogP contribution is 2.17. The molecule has 0 fully saturated rings. The SMILES string of the molecule is Nc1ccc(C(=O)OCc2cc(Br)ccc2F)cc1. The van der Waals surface area contributed by atoms with Gasteiger partial charge in [-0.2, -0.15) is 0 Å². The standard InChI is InChI=1S/C14H11BrFNO2/c15-11-3-6-13(16)10(7-11)8-19-14(18)9-1-4-12(17)5-2-9/h1-7H,8,17H2. The number of carbonyl (C=O) groups is 1. The molecule has 98 valence electrons. The fourth-order valence-electron chi connectivity index (χ4n) is 1.50. The van der Waals surface area contributed by atoms with Crippen molar-refractivity contribution in [3.8, 4) is 0 Å². The molecule has 0 atom stereocenters. The minimum absolute atomic E-state index is 0.117. The van der Waals surface area contributed by atoms with Gasteiger partial charge in [-0.1, -0.05) is 15.9 Å². The summed E-state index contributed by atoms with van der Waals surface area (Å²) in [4.78, 5) is 11.7. The van der Waals surface area contributed by atoms with Crippen LogP contribution >= 0.6 is 15.9 Å². The van der Waals surface area contributed by atoms with Crippen molar-refractivity contribution in [2.24, 2.45) is 0 Å². The fourth-order valence-corrected chi connectivity index (χ4v) is 1.91. The second-order valence-corrected chi connectivity index (χ2v) is 4.85. The third-order valence-corrected chi connectivity index (χ3v) is 3.01. The van der Waals surface area contributed by atoms with E-state index in [0.717, 1.165) is 4.47 Å². The average Bonchev–Trinajstić information content (AvgIpc) is 2.40. The monoisotopic (exact) mass is 323 g/mol. The number of hydrogen-bond acceptors (Lipinski definition) is 3. The highest BCUT2D eigenvalue weighted by Gasteiger charge is 2.09. The van der Waals surface area contributed by atoms with Crippen molar-refractivity contribution in [2.75, 3.05) is 5.73 Å². The molecule has 0 saturated heterocycles. The number of benzene rings is 2. The van der Waals surface area contributed by atoms with Gasteiger partial charge in [0.05, 0.1) is 5.56 Å². The quantitative estimate of drug-likeness (QED) is 0.694. The normalized spacial score (nSPS) is 10.2. The van der Waals surface area contributed by atoms with Crippen LogP contribution in [0.4, 0.5) is 10.1 Å². The molecule has 0 spiro atoms. The Balaban J connectivity index is 2.04. The zero-order valence-corrected chi connectivity index (χ0v) is 11.5. The van der Waals surface area contributed by atoms with Crippen LogP contribution in [0.3, 0.4) is 0 Å². The zero-order chi connectivity index (χ0) is 13.8. The summed E-state index contributed by atoms with van der Waals surface area (Å²) in [5.74, 6) is -0.923. The summed E-state index contributed by atoms with van der Waals surface area (Å²) in [5, 5.41) is 0. The summed E-state index contributed by atoms with van der Waals surface area (Å²) >= 11 is 3.24. The summed E-state index contributed by atoms with van der Waals surface area (Å²) in [6.07, 6.45) is 0. The molecule has 2 rings (SSSR count). The van der Waals surface area contributed by atoms with Crippen LogP contribution in [-0.2, 0) is 11.3 Å². The van der Waals surface area contributed by atoms with Crippen molar-refractivity contribution in [3.05, 3.63) is 63.9 Å². The van der Waals surface area contributed by atoms with Gasteiger partial charge in [0.25, 0.3) is 0 Å². The molecule has 0 aromatic heterocycles. The molecule has 0 heterocycles. The van der Waals surface area contributed by atoms with Crippen molar-refractivity contribution in [1.29, 1.82) is 0 Å². The number of rotatable bonds is 3. The van der Waals surface area contributed by atoms with E-state index in [1.54, 1.807) is 36.4 Å². The minimum Gasteiger partial charge on any atom is -0.457 e. The number of anilines is 1. The van der Waals surface area contributed by atoms with E-state index >= 15 is 0 Å². The van der Waals surface area contributed by atoms with Gasteiger partial charge in [-0.05, 0) is 42.5 Å². The third-order valence-electron chi connectivity index (χ3n) is 2.51. The van der Waals surface area contributed by atoms with Gasteiger partial charge >= 0.3 is 5.97 Å². The molecule has 0 bridgehead atoms. The molecular formula is C14H11BrFNO2. The molecule has 2 aromatic carbocycles. The van der Waals surface area contributed by atoms with Gasteiger partial charge in [0.2, 0.25) is 0 Å². The van der Waals surface area contributed by atoms with Crippen LogP contribution in [0.2, 0.25) is 0 Å². The second-order valence-electron chi connectivity index (χ2n) is 3.93. The molecule has 0 aliphatic carbocycles. The Morgan fingerprint density at radius 1 is 1.21 bits per heavy atom. The Kier molecular flexibility index (Phi) is 4.16. The number of nitrogens with two attached hydrogens (primary N) is 1. The first kappa shape index (κ1) is 13.5. The molecule has 0 aliphatic heterocycles. The molecule has 0 saturated carbocycles. The number of nitrogen functional groups attached to an aromatic ring is 1. The van der Waals surface area contributed by atoms with Gasteiger partial charge < -0.3 is 10.5 Å². The van der Waals surface area contributed by atoms with E-state index in [9.17, 15) is 9.18 Å². The van der Waals surface area contributed by atoms with E-state index in [1.807, 2.05) is 0 Å². The first-order chi connectivity index (χ1) is 9.06. The van der Waals surface area contributed by atoms with Crippen molar-refractivity contribution < 1.29 is 13.9 Å². The Morgan fingerprint density at radius 2 is 1.89 bits per heavy atom. The predicted molar refractivity (Wildman–Crippen MR) is 74.1 cm³/mol. The van der Waals surface area contributed by atoms with Crippen LogP contribution in [0.15, 0.2) is 46.9 Å². The molecule has 0 aliphatic rings. The smallest absolute Gasteiger partial charge is 0.338 e. The van der Waals surface area contributed by atoms with E-state index in [-0.39, 0.29) is 6.61 Å². The lowest BCUT2D eigenvalue weighted by Crippen LogP contribution is -2.06. The van der Waals surface area contributed by atoms with Gasteiger partial charge in [0.1, 0.15) is 12.4 Å². The van der Waals surface area contributed by atoms with Crippen molar-refractivity contribution in [2.45, 2.75) is 6.61 Å². The summed E-state index contributed by atoms with van der Waals surface area (Å²) in [5.41, 5.74) is 6.78. The predicted octanol–water partition coefficient (Wildman–Crippen LogP) is 3.53. The molecule has 0 amide bonds. The highest BCUT2D eigenvalue weighted by molar-refractivity contribution is 9.10.